The Bertz CT molecular complexity index is 1160. The molecule has 10 heteroatoms. The van der Waals surface area contributed by atoms with Gasteiger partial charge in [-0.2, -0.15) is 0 Å². The highest BCUT2D eigenvalue weighted by Crippen LogP contribution is 2.39. The lowest BCUT2D eigenvalue weighted by Gasteiger charge is -2.28. The molecule has 0 radical (unpaired) electrons. The van der Waals surface area contributed by atoms with Crippen LogP contribution in [0.1, 0.15) is 16.7 Å². The zero-order valence-electron chi connectivity index (χ0n) is 19.4. The summed E-state index contributed by atoms with van der Waals surface area (Å²) in [5.74, 6) is -0.0123. The molecule has 2 aromatic carbocycles. The van der Waals surface area contributed by atoms with Gasteiger partial charge >= 0.3 is 0 Å². The first-order chi connectivity index (χ1) is 16.9. The Kier molecular flexibility index (Phi) is 8.00. The molecule has 0 saturated carbocycles. The van der Waals surface area contributed by atoms with Crippen molar-refractivity contribution in [2.24, 2.45) is 0 Å². The third-order valence-electron chi connectivity index (χ3n) is 5.58. The number of amides is 3. The number of rotatable bonds is 7. The number of benzene rings is 2. The molecule has 0 atom stereocenters. The van der Waals surface area contributed by atoms with Crippen LogP contribution in [0.2, 0.25) is 5.02 Å². The van der Waals surface area contributed by atoms with Gasteiger partial charge in [-0.25, -0.2) is 0 Å². The number of hydrogen-bond acceptors (Lipinski definition) is 7. The lowest BCUT2D eigenvalue weighted by molar-refractivity contribution is -0.139. The second kappa shape index (κ2) is 11.2. The van der Waals surface area contributed by atoms with Crippen molar-refractivity contribution in [1.82, 2.24) is 9.80 Å². The zero-order chi connectivity index (χ0) is 24.9. The maximum absolute atomic E-state index is 12.9. The number of morpholine rings is 1. The van der Waals surface area contributed by atoms with Crippen LogP contribution < -0.4 is 9.47 Å². The molecule has 2 aliphatic heterocycles. The van der Waals surface area contributed by atoms with Crippen molar-refractivity contribution in [1.29, 1.82) is 0 Å². The van der Waals surface area contributed by atoms with Crippen molar-refractivity contribution in [3.05, 3.63) is 63.0 Å². The van der Waals surface area contributed by atoms with Crippen LogP contribution >= 0.6 is 23.4 Å². The fourth-order valence-electron chi connectivity index (χ4n) is 3.64. The summed E-state index contributed by atoms with van der Waals surface area (Å²) in [7, 11) is 1.50. The van der Waals surface area contributed by atoms with E-state index >= 15 is 0 Å². The smallest absolute Gasteiger partial charge is 0.294 e. The summed E-state index contributed by atoms with van der Waals surface area (Å²) in [6.45, 7) is 3.81. The van der Waals surface area contributed by atoms with Crippen molar-refractivity contribution in [3.63, 3.8) is 0 Å². The Morgan fingerprint density at radius 1 is 1.17 bits per heavy atom. The number of halogens is 1. The highest BCUT2D eigenvalue weighted by Gasteiger charge is 2.37. The first kappa shape index (κ1) is 25.1. The number of carbonyl (C=O) groups is 3. The van der Waals surface area contributed by atoms with E-state index in [2.05, 4.69) is 0 Å². The van der Waals surface area contributed by atoms with E-state index in [9.17, 15) is 14.4 Å². The summed E-state index contributed by atoms with van der Waals surface area (Å²) in [5.41, 5.74) is 2.71. The second-order valence-electron chi connectivity index (χ2n) is 8.07. The predicted octanol–water partition coefficient (Wildman–Crippen LogP) is 4.13. The van der Waals surface area contributed by atoms with Crippen LogP contribution in [0.15, 0.2) is 41.3 Å². The normalized spacial score (nSPS) is 17.3. The Balaban J connectivity index is 1.47. The van der Waals surface area contributed by atoms with Crippen molar-refractivity contribution >= 4 is 46.5 Å². The van der Waals surface area contributed by atoms with Crippen LogP contribution in [0.4, 0.5) is 4.79 Å². The third kappa shape index (κ3) is 5.98. The van der Waals surface area contributed by atoms with E-state index in [4.69, 9.17) is 25.8 Å². The summed E-state index contributed by atoms with van der Waals surface area (Å²) >= 11 is 7.26. The molecule has 2 saturated heterocycles. The van der Waals surface area contributed by atoms with E-state index in [0.717, 1.165) is 27.8 Å². The molecule has 2 aromatic rings. The van der Waals surface area contributed by atoms with Gasteiger partial charge in [-0.1, -0.05) is 41.4 Å². The molecule has 0 aliphatic carbocycles. The Hall–Kier alpha value is -3.01. The Morgan fingerprint density at radius 2 is 1.89 bits per heavy atom. The van der Waals surface area contributed by atoms with Gasteiger partial charge in [-0.3, -0.25) is 19.3 Å². The highest BCUT2D eigenvalue weighted by molar-refractivity contribution is 8.18. The van der Waals surface area contributed by atoms with Crippen LogP contribution in [0.3, 0.4) is 0 Å². The first-order valence-electron chi connectivity index (χ1n) is 11.0. The molecule has 0 N–H and O–H groups in total. The fraction of sp³-hybridized carbons (Fsp3) is 0.320. The monoisotopic (exact) mass is 516 g/mol. The number of thioether (sulfide) groups is 1. The Morgan fingerprint density at radius 3 is 2.57 bits per heavy atom. The number of aryl methyl sites for hydroxylation is 1. The standard InChI is InChI=1S/C25H25ClN2O6S/c1-16-3-5-17(6-4-16)15-34-23-19(26)11-18(12-20(23)32-2)13-21-24(30)28(25(31)35-21)14-22(29)27-7-9-33-10-8-27/h3-6,11-13H,7-10,14-15H2,1-2H3/b21-13-. The fourth-order valence-corrected chi connectivity index (χ4v) is 4.75. The van der Waals surface area contributed by atoms with Crippen molar-refractivity contribution in [3.8, 4) is 11.5 Å². The van der Waals surface area contributed by atoms with E-state index in [1.165, 1.54) is 7.11 Å². The van der Waals surface area contributed by atoms with E-state index < -0.39 is 11.1 Å². The summed E-state index contributed by atoms with van der Waals surface area (Å²) < 4.78 is 16.6. The van der Waals surface area contributed by atoms with Gasteiger partial charge in [-0.15, -0.1) is 0 Å². The molecular weight excluding hydrogens is 492 g/mol. The number of imide groups is 1. The third-order valence-corrected chi connectivity index (χ3v) is 6.77. The maximum Gasteiger partial charge on any atom is 0.294 e. The van der Waals surface area contributed by atoms with Crippen LogP contribution in [-0.2, 0) is 20.9 Å². The average molecular weight is 517 g/mol. The van der Waals surface area contributed by atoms with Crippen LogP contribution in [0, 0.1) is 6.92 Å². The van der Waals surface area contributed by atoms with E-state index in [1.54, 1.807) is 23.1 Å². The van der Waals surface area contributed by atoms with Crippen LogP contribution in [-0.4, -0.2) is 66.8 Å². The average Bonchev–Trinajstić information content (AvgIpc) is 3.11. The number of ether oxygens (including phenoxy) is 3. The molecule has 0 unspecified atom stereocenters. The number of carbonyl (C=O) groups excluding carboxylic acids is 3. The van der Waals surface area contributed by atoms with Gasteiger partial charge in [0.15, 0.2) is 11.5 Å². The summed E-state index contributed by atoms with van der Waals surface area (Å²) in [6, 6.07) is 11.3. The molecule has 0 bridgehead atoms. The predicted molar refractivity (Wildman–Crippen MR) is 134 cm³/mol. The van der Waals surface area contributed by atoms with Gasteiger partial charge in [-0.05, 0) is 48.0 Å². The van der Waals surface area contributed by atoms with Gasteiger partial charge in [0, 0.05) is 13.1 Å². The SMILES string of the molecule is COc1cc(/C=C2\SC(=O)N(CC(=O)N3CCOCC3)C2=O)cc(Cl)c1OCc1ccc(C)cc1. The topological polar surface area (TPSA) is 85.4 Å². The van der Waals surface area contributed by atoms with E-state index in [-0.39, 0.29) is 17.4 Å². The van der Waals surface area contributed by atoms with Crippen molar-refractivity contribution in [2.75, 3.05) is 40.0 Å². The van der Waals surface area contributed by atoms with Gasteiger partial charge in [0.05, 0.1) is 30.3 Å². The van der Waals surface area contributed by atoms with E-state index in [0.29, 0.717) is 55.0 Å². The molecule has 184 valence electrons. The van der Waals surface area contributed by atoms with Crippen molar-refractivity contribution < 1.29 is 28.6 Å². The lowest BCUT2D eigenvalue weighted by atomic mass is 10.1. The minimum Gasteiger partial charge on any atom is -0.493 e. The van der Waals surface area contributed by atoms with Gasteiger partial charge in [0.1, 0.15) is 13.2 Å². The summed E-state index contributed by atoms with van der Waals surface area (Å²) in [6.07, 6.45) is 1.56. The lowest BCUT2D eigenvalue weighted by Crippen LogP contribution is -2.46. The Labute approximate surface area is 212 Å². The van der Waals surface area contributed by atoms with E-state index in [1.807, 2.05) is 31.2 Å². The van der Waals surface area contributed by atoms with Gasteiger partial charge < -0.3 is 19.1 Å². The van der Waals surface area contributed by atoms with Gasteiger partial charge in [0.25, 0.3) is 11.1 Å². The molecule has 2 fully saturated rings. The minimum atomic E-state index is -0.517. The summed E-state index contributed by atoms with van der Waals surface area (Å²) in [5, 5.41) is -0.177. The molecule has 8 nitrogen and oxygen atoms in total. The van der Waals surface area contributed by atoms with Gasteiger partial charge in [0.2, 0.25) is 5.91 Å². The largest absolute Gasteiger partial charge is 0.493 e. The zero-order valence-corrected chi connectivity index (χ0v) is 21.0. The molecule has 35 heavy (non-hydrogen) atoms. The van der Waals surface area contributed by atoms with Crippen molar-refractivity contribution in [2.45, 2.75) is 13.5 Å². The summed E-state index contributed by atoms with van der Waals surface area (Å²) in [4.78, 5) is 40.6. The maximum atomic E-state index is 12.9. The molecule has 4 rings (SSSR count). The molecule has 0 aromatic heterocycles. The molecule has 3 amide bonds. The minimum absolute atomic E-state index is 0.205. The highest BCUT2D eigenvalue weighted by atomic mass is 35.5. The molecule has 2 heterocycles. The molecule has 0 spiro atoms. The number of nitrogens with zero attached hydrogens (tertiary/aromatic N) is 2. The number of methoxy groups -OCH3 is 1. The second-order valence-corrected chi connectivity index (χ2v) is 9.47. The van der Waals surface area contributed by atoms with Crippen LogP contribution in [0.25, 0.3) is 6.08 Å². The molecular formula is C25H25ClN2O6S. The molecule has 2 aliphatic rings. The van der Waals surface area contributed by atoms with Crippen LogP contribution in [0.5, 0.6) is 11.5 Å². The number of hydrogen-bond donors (Lipinski definition) is 0. The quantitative estimate of drug-likeness (QED) is 0.511. The first-order valence-corrected chi connectivity index (χ1v) is 12.2.